The van der Waals surface area contributed by atoms with Crippen molar-refractivity contribution in [1.29, 1.82) is 0 Å². The minimum absolute atomic E-state index is 0.234. The van der Waals surface area contributed by atoms with E-state index in [9.17, 15) is 0 Å². The molecular weight excluding hydrogens is 600 g/mol. The van der Waals surface area contributed by atoms with Crippen molar-refractivity contribution in [3.05, 3.63) is 26.9 Å². The van der Waals surface area contributed by atoms with E-state index >= 15 is 0 Å². The first-order valence-corrected chi connectivity index (χ1v) is 9.37. The molecule has 4 aliphatic rings. The highest BCUT2D eigenvalue weighted by molar-refractivity contribution is 9.15. The van der Waals surface area contributed by atoms with Crippen molar-refractivity contribution in [3.8, 4) is 0 Å². The van der Waals surface area contributed by atoms with Crippen LogP contribution in [0.1, 0.15) is 0 Å². The van der Waals surface area contributed by atoms with Crippen LogP contribution in [-0.4, -0.2) is 0 Å². The van der Waals surface area contributed by atoms with Crippen LogP contribution in [0, 0.1) is 23.7 Å². The quantitative estimate of drug-likeness (QED) is 0.297. The van der Waals surface area contributed by atoms with Crippen molar-refractivity contribution in [2.75, 3.05) is 0 Å². The first kappa shape index (κ1) is 13.1. The van der Waals surface area contributed by atoms with Gasteiger partial charge in [-0.3, -0.25) is 0 Å². The Morgan fingerprint density at radius 1 is 0.438 bits per heavy atom. The van der Waals surface area contributed by atoms with E-state index in [2.05, 4.69) is 95.6 Å². The first-order chi connectivity index (χ1) is 7.46. The monoisotopic (exact) mass is 598 g/mol. The summed E-state index contributed by atoms with van der Waals surface area (Å²) in [6.07, 6.45) is 0. The van der Waals surface area contributed by atoms with Crippen molar-refractivity contribution < 1.29 is 0 Å². The summed E-state index contributed by atoms with van der Waals surface area (Å²) in [7, 11) is 0. The number of rotatable bonds is 0. The average Bonchev–Trinajstić information content (AvgIpc) is 3.00. The molecule has 16 heavy (non-hydrogen) atoms. The second-order valence-electron chi connectivity index (χ2n) is 4.10. The van der Waals surface area contributed by atoms with Crippen LogP contribution >= 0.6 is 95.6 Å². The zero-order chi connectivity index (χ0) is 11.8. The lowest BCUT2D eigenvalue weighted by Gasteiger charge is -2.16. The van der Waals surface area contributed by atoms with Gasteiger partial charge >= 0.3 is 0 Å². The Morgan fingerprint density at radius 3 is 0.938 bits per heavy atom. The summed E-state index contributed by atoms with van der Waals surface area (Å²) in [6, 6.07) is 0. The molecule has 0 saturated heterocycles. The molecule has 0 heterocycles. The van der Waals surface area contributed by atoms with Crippen molar-refractivity contribution in [1.82, 2.24) is 0 Å². The summed E-state index contributed by atoms with van der Waals surface area (Å²) in [5.41, 5.74) is 0. The van der Waals surface area contributed by atoms with Gasteiger partial charge in [0.25, 0.3) is 0 Å². The van der Waals surface area contributed by atoms with Gasteiger partial charge in [0, 0.05) is 44.6 Å². The lowest BCUT2D eigenvalue weighted by Crippen LogP contribution is -2.01. The van der Waals surface area contributed by atoms with Crippen molar-refractivity contribution in [3.63, 3.8) is 0 Å². The van der Waals surface area contributed by atoms with Gasteiger partial charge in [-0.05, 0) is 0 Å². The molecule has 0 atom stereocenters. The summed E-state index contributed by atoms with van der Waals surface area (Å²) >= 11 is 22.4. The van der Waals surface area contributed by atoms with Gasteiger partial charge in [0.1, 0.15) is 0 Å². The third kappa shape index (κ3) is 1.59. The average molecular weight is 604 g/mol. The molecule has 0 aromatic carbocycles. The Kier molecular flexibility index (Phi) is 3.52. The fraction of sp³-hybridized carbons (Fsp3) is 0.400. The molecule has 0 N–H and O–H groups in total. The molecular formula is C10H4Br6. The Hall–Kier alpha value is 2.10. The van der Waals surface area contributed by atoms with Crippen molar-refractivity contribution in [2.24, 2.45) is 23.7 Å². The second-order valence-corrected chi connectivity index (χ2v) is 9.22. The third-order valence-electron chi connectivity index (χ3n) is 3.34. The van der Waals surface area contributed by atoms with E-state index < -0.39 is 0 Å². The largest absolute Gasteiger partial charge is 0.0562 e. The maximum Gasteiger partial charge on any atom is 0.0562 e. The minimum Gasteiger partial charge on any atom is -0.0544 e. The summed E-state index contributed by atoms with van der Waals surface area (Å²) in [5.74, 6) is 1.92. The molecule has 0 aromatic rings. The molecule has 1 fully saturated rings. The SMILES string of the molecule is BrC1=C(Br)C2C3C(Br)=C(Br)C1C(Br)=C(Br)C23. The number of halogens is 6. The lowest BCUT2D eigenvalue weighted by molar-refractivity contribution is 0.979. The standard InChI is InChI=1S/C10H4Br6/c11-5-1-2-3(1)7(13)10(16)4(8(5)14)9(15)6(2)12/h1-4H. The zero-order valence-electron chi connectivity index (χ0n) is 7.58. The minimum atomic E-state index is 0.234. The van der Waals surface area contributed by atoms with Crippen LogP contribution in [0.3, 0.4) is 0 Å². The fourth-order valence-electron chi connectivity index (χ4n) is 2.48. The molecule has 0 spiro atoms. The van der Waals surface area contributed by atoms with E-state index in [1.807, 2.05) is 0 Å². The number of hydrogen-bond acceptors (Lipinski definition) is 0. The Balaban J connectivity index is 2.30. The molecule has 0 nitrogen and oxygen atoms in total. The smallest absolute Gasteiger partial charge is 0.0544 e. The van der Waals surface area contributed by atoms with E-state index in [4.69, 9.17) is 0 Å². The highest BCUT2D eigenvalue weighted by atomic mass is 79.9. The molecule has 0 aliphatic heterocycles. The molecule has 6 heteroatoms. The van der Waals surface area contributed by atoms with Crippen LogP contribution in [-0.2, 0) is 0 Å². The van der Waals surface area contributed by atoms with Gasteiger partial charge in [0.15, 0.2) is 0 Å². The second kappa shape index (κ2) is 4.30. The topological polar surface area (TPSA) is 0 Å². The molecule has 0 amide bonds. The van der Waals surface area contributed by atoms with Gasteiger partial charge in [0.2, 0.25) is 0 Å². The first-order valence-electron chi connectivity index (χ1n) is 4.62. The Morgan fingerprint density at radius 2 is 0.688 bits per heavy atom. The summed E-state index contributed by atoms with van der Waals surface area (Å²) < 4.78 is 7.54. The van der Waals surface area contributed by atoms with E-state index in [0.717, 1.165) is 0 Å². The third-order valence-corrected chi connectivity index (χ3v) is 10.5. The Bertz CT molecular complexity index is 408. The summed E-state index contributed by atoms with van der Waals surface area (Å²) in [4.78, 5) is 0. The van der Waals surface area contributed by atoms with E-state index in [1.165, 1.54) is 26.9 Å². The van der Waals surface area contributed by atoms with Crippen LogP contribution in [0.5, 0.6) is 0 Å². The number of allylic oxidation sites excluding steroid dienone is 6. The van der Waals surface area contributed by atoms with Gasteiger partial charge < -0.3 is 0 Å². The predicted octanol–water partition coefficient (Wildman–Crippen LogP) is 6.50. The molecule has 86 valence electrons. The summed E-state index contributed by atoms with van der Waals surface area (Å²) in [6.45, 7) is 0. The van der Waals surface area contributed by atoms with Gasteiger partial charge in [0.05, 0.1) is 5.92 Å². The van der Waals surface area contributed by atoms with Gasteiger partial charge in [-0.25, -0.2) is 0 Å². The molecule has 4 rings (SSSR count). The fourth-order valence-corrected chi connectivity index (χ4v) is 7.97. The van der Waals surface area contributed by atoms with Gasteiger partial charge in [-0.1, -0.05) is 95.6 Å². The lowest BCUT2D eigenvalue weighted by atomic mass is 10.1. The van der Waals surface area contributed by atoms with E-state index in [0.29, 0.717) is 17.8 Å². The maximum atomic E-state index is 3.74. The van der Waals surface area contributed by atoms with Crippen LogP contribution in [0.25, 0.3) is 0 Å². The molecule has 0 unspecified atom stereocenters. The van der Waals surface area contributed by atoms with E-state index in [-0.39, 0.29) is 5.92 Å². The molecule has 1 saturated carbocycles. The van der Waals surface area contributed by atoms with Crippen LogP contribution in [0.15, 0.2) is 26.9 Å². The molecule has 4 bridgehead atoms. The van der Waals surface area contributed by atoms with Crippen LogP contribution < -0.4 is 0 Å². The zero-order valence-corrected chi connectivity index (χ0v) is 17.1. The number of hydrogen-bond donors (Lipinski definition) is 0. The Labute approximate surface area is 144 Å². The van der Waals surface area contributed by atoms with Crippen molar-refractivity contribution in [2.45, 2.75) is 0 Å². The van der Waals surface area contributed by atoms with Crippen molar-refractivity contribution >= 4 is 95.6 Å². The maximum absolute atomic E-state index is 3.74. The summed E-state index contributed by atoms with van der Waals surface area (Å²) in [5, 5.41) is 0. The molecule has 0 aromatic heterocycles. The van der Waals surface area contributed by atoms with E-state index in [1.54, 1.807) is 0 Å². The predicted molar refractivity (Wildman–Crippen MR) is 88.6 cm³/mol. The van der Waals surface area contributed by atoms with Gasteiger partial charge in [-0.15, -0.1) is 0 Å². The highest BCUT2D eigenvalue weighted by Gasteiger charge is 2.60. The van der Waals surface area contributed by atoms with Crippen LogP contribution in [0.2, 0.25) is 0 Å². The van der Waals surface area contributed by atoms with Gasteiger partial charge in [-0.2, -0.15) is 0 Å². The molecule has 0 radical (unpaired) electrons. The normalized spacial score (nSPS) is 41.6. The van der Waals surface area contributed by atoms with Crippen LogP contribution in [0.4, 0.5) is 0 Å². The molecule has 4 aliphatic carbocycles. The highest BCUT2D eigenvalue weighted by Crippen LogP contribution is 2.71.